The Hall–Kier alpha value is -3.51. The lowest BCUT2D eigenvalue weighted by Gasteiger charge is -2.39. The van der Waals surface area contributed by atoms with E-state index in [1.54, 1.807) is 0 Å². The van der Waals surface area contributed by atoms with E-state index in [1.165, 1.54) is 48.5 Å². The summed E-state index contributed by atoms with van der Waals surface area (Å²) in [6, 6.07) is 9.17. The molecule has 2 saturated heterocycles. The van der Waals surface area contributed by atoms with E-state index in [-0.39, 0.29) is 28.6 Å². The smallest absolute Gasteiger partial charge is 0.330 e. The van der Waals surface area contributed by atoms with E-state index in [9.17, 15) is 50.8 Å². The molecule has 0 radical (unpaired) electrons. The molecule has 0 bridgehead atoms. The van der Waals surface area contributed by atoms with Crippen LogP contribution in [0, 0.1) is 0 Å². The number of esters is 1. The highest BCUT2D eigenvalue weighted by Gasteiger charge is 2.46. The monoisotopic (exact) mass is 596 g/mol. The van der Waals surface area contributed by atoms with Gasteiger partial charge in [-0.15, -0.1) is 0 Å². The molecule has 2 aliphatic heterocycles. The minimum absolute atomic E-state index is 0.0152. The summed E-state index contributed by atoms with van der Waals surface area (Å²) in [5, 5.41) is 89.6. The molecule has 15 heteroatoms. The average molecular weight is 597 g/mol. The van der Waals surface area contributed by atoms with Crippen molar-refractivity contribution in [2.24, 2.45) is 0 Å². The number of phenols is 2. The predicted molar refractivity (Wildman–Crippen MR) is 138 cm³/mol. The van der Waals surface area contributed by atoms with Gasteiger partial charge in [0, 0.05) is 11.6 Å². The van der Waals surface area contributed by atoms with Crippen LogP contribution in [-0.2, 0) is 19.0 Å². The van der Waals surface area contributed by atoms with Gasteiger partial charge in [-0.2, -0.15) is 0 Å². The minimum Gasteiger partial charge on any atom is -0.508 e. The molecule has 0 spiro atoms. The molecule has 230 valence electrons. The number of aliphatic hydroxyl groups excluding tert-OH is 7. The van der Waals surface area contributed by atoms with Crippen LogP contribution in [0.25, 0.3) is 6.08 Å². The Labute approximate surface area is 238 Å². The Kier molecular flexibility index (Phi) is 10.2. The van der Waals surface area contributed by atoms with Crippen molar-refractivity contribution in [3.05, 3.63) is 54.1 Å². The van der Waals surface area contributed by atoms with Crippen LogP contribution in [0.5, 0.6) is 23.0 Å². The number of benzene rings is 2. The number of aliphatic hydroxyl groups is 7. The lowest BCUT2D eigenvalue weighted by molar-refractivity contribution is -0.278. The Balaban J connectivity index is 1.39. The second kappa shape index (κ2) is 13.6. The zero-order valence-corrected chi connectivity index (χ0v) is 21.9. The third kappa shape index (κ3) is 7.27. The first-order valence-electron chi connectivity index (χ1n) is 12.8. The number of carbonyl (C=O) groups is 1. The van der Waals surface area contributed by atoms with Crippen LogP contribution in [0.3, 0.4) is 0 Å². The SMILES string of the molecule is O=C(C=Cc1cc(O)ccc1OC1OC(CO)C(O)C(O)C1O)OCC1OC(Oc2ccc(O)cc2)C(O)C(O)C1O. The summed E-state index contributed by atoms with van der Waals surface area (Å²) in [5.74, 6) is -1.01. The molecule has 9 N–H and O–H groups in total. The van der Waals surface area contributed by atoms with Crippen molar-refractivity contribution in [1.82, 2.24) is 0 Å². The van der Waals surface area contributed by atoms with E-state index in [4.69, 9.17) is 23.7 Å². The van der Waals surface area contributed by atoms with Gasteiger partial charge in [0.05, 0.1) is 6.61 Å². The van der Waals surface area contributed by atoms with E-state index in [0.717, 1.165) is 6.08 Å². The first-order valence-corrected chi connectivity index (χ1v) is 12.8. The molecule has 0 saturated carbocycles. The van der Waals surface area contributed by atoms with Crippen LogP contribution in [0.1, 0.15) is 5.56 Å². The number of carbonyl (C=O) groups excluding carboxylic acids is 1. The van der Waals surface area contributed by atoms with Crippen molar-refractivity contribution in [2.75, 3.05) is 13.2 Å². The summed E-state index contributed by atoms with van der Waals surface area (Å²) in [4.78, 5) is 12.4. The number of rotatable bonds is 9. The van der Waals surface area contributed by atoms with Crippen LogP contribution in [0.2, 0.25) is 0 Å². The van der Waals surface area contributed by atoms with Crippen molar-refractivity contribution < 1.29 is 74.4 Å². The average Bonchev–Trinajstić information content (AvgIpc) is 2.98. The van der Waals surface area contributed by atoms with Crippen LogP contribution >= 0.6 is 0 Å². The topological polar surface area (TPSA) is 245 Å². The van der Waals surface area contributed by atoms with Crippen molar-refractivity contribution in [1.29, 1.82) is 0 Å². The molecule has 42 heavy (non-hydrogen) atoms. The summed E-state index contributed by atoms with van der Waals surface area (Å²) in [7, 11) is 0. The van der Waals surface area contributed by atoms with E-state index in [2.05, 4.69) is 0 Å². The Bertz CT molecular complexity index is 1220. The van der Waals surface area contributed by atoms with Crippen molar-refractivity contribution in [2.45, 2.75) is 61.4 Å². The molecule has 10 unspecified atom stereocenters. The predicted octanol–water partition coefficient (Wildman–Crippen LogP) is -2.28. The van der Waals surface area contributed by atoms with Gasteiger partial charge in [0.2, 0.25) is 12.6 Å². The molecule has 10 atom stereocenters. The van der Waals surface area contributed by atoms with Crippen molar-refractivity contribution >= 4 is 12.0 Å². The van der Waals surface area contributed by atoms with Gasteiger partial charge in [-0.05, 0) is 48.5 Å². The number of ether oxygens (including phenoxy) is 5. The Morgan fingerprint density at radius 3 is 1.95 bits per heavy atom. The molecule has 0 aliphatic carbocycles. The molecule has 2 aromatic rings. The number of hydrogen-bond donors (Lipinski definition) is 9. The Morgan fingerprint density at radius 2 is 1.31 bits per heavy atom. The van der Waals surface area contributed by atoms with E-state index in [1.807, 2.05) is 0 Å². The van der Waals surface area contributed by atoms with Crippen LogP contribution < -0.4 is 9.47 Å². The first-order chi connectivity index (χ1) is 20.0. The molecule has 4 rings (SSSR count). The van der Waals surface area contributed by atoms with Crippen LogP contribution in [-0.4, -0.2) is 127 Å². The quantitative estimate of drug-likeness (QED) is 0.109. The fourth-order valence-corrected chi connectivity index (χ4v) is 4.24. The molecular formula is C27H32O15. The van der Waals surface area contributed by atoms with Gasteiger partial charge >= 0.3 is 5.97 Å². The van der Waals surface area contributed by atoms with Gasteiger partial charge in [-0.3, -0.25) is 0 Å². The Morgan fingerprint density at radius 1 is 0.738 bits per heavy atom. The molecule has 2 aromatic carbocycles. The first kappa shape index (κ1) is 31.4. The lowest BCUT2D eigenvalue weighted by Crippen LogP contribution is -2.60. The zero-order chi connectivity index (χ0) is 30.6. The maximum atomic E-state index is 12.4. The number of phenolic OH excluding ortho intramolecular Hbond substituents is 2. The summed E-state index contributed by atoms with van der Waals surface area (Å²) >= 11 is 0. The fourth-order valence-electron chi connectivity index (χ4n) is 4.24. The highest BCUT2D eigenvalue weighted by Crippen LogP contribution is 2.30. The molecular weight excluding hydrogens is 564 g/mol. The maximum absolute atomic E-state index is 12.4. The van der Waals surface area contributed by atoms with Gasteiger partial charge in [-0.25, -0.2) is 4.79 Å². The van der Waals surface area contributed by atoms with E-state index in [0.29, 0.717) is 0 Å². The second-order valence-corrected chi connectivity index (χ2v) is 9.63. The van der Waals surface area contributed by atoms with Gasteiger partial charge in [-0.1, -0.05) is 0 Å². The van der Waals surface area contributed by atoms with Crippen LogP contribution in [0.4, 0.5) is 0 Å². The third-order valence-electron chi connectivity index (χ3n) is 6.63. The third-order valence-corrected chi connectivity index (χ3v) is 6.63. The molecule has 2 fully saturated rings. The molecule has 15 nitrogen and oxygen atoms in total. The normalized spacial score (nSPS) is 33.3. The fraction of sp³-hybridized carbons (Fsp3) is 0.444. The van der Waals surface area contributed by atoms with Gasteiger partial charge in [0.15, 0.2) is 0 Å². The number of aromatic hydroxyl groups is 2. The van der Waals surface area contributed by atoms with Crippen LogP contribution in [0.15, 0.2) is 48.5 Å². The summed E-state index contributed by atoms with van der Waals surface area (Å²) in [6.07, 6.45) is -13.3. The molecule has 0 amide bonds. The highest BCUT2D eigenvalue weighted by molar-refractivity contribution is 5.87. The minimum atomic E-state index is -1.70. The zero-order valence-electron chi connectivity index (χ0n) is 21.9. The molecule has 2 heterocycles. The molecule has 2 aliphatic rings. The number of hydrogen-bond acceptors (Lipinski definition) is 15. The summed E-state index contributed by atoms with van der Waals surface area (Å²) in [6.45, 7) is -1.23. The van der Waals surface area contributed by atoms with Gasteiger partial charge in [0.1, 0.15) is 78.4 Å². The van der Waals surface area contributed by atoms with Gasteiger partial charge in [0.25, 0.3) is 0 Å². The van der Waals surface area contributed by atoms with E-state index >= 15 is 0 Å². The van der Waals surface area contributed by atoms with Gasteiger partial charge < -0.3 is 69.6 Å². The lowest BCUT2D eigenvalue weighted by atomic mass is 9.99. The van der Waals surface area contributed by atoms with E-state index < -0.39 is 80.6 Å². The maximum Gasteiger partial charge on any atom is 0.330 e. The largest absolute Gasteiger partial charge is 0.508 e. The standard InChI is InChI=1S/C27H32O15/c28-10-17-20(32)22(34)25(37)27(41-17)40-16-7-4-14(30)9-12(16)1-8-19(31)38-11-18-21(33)23(35)24(36)26(42-18)39-15-5-2-13(29)3-6-15/h1-9,17-18,20-30,32-37H,10-11H2. The summed E-state index contributed by atoms with van der Waals surface area (Å²) in [5.41, 5.74) is 0.110. The highest BCUT2D eigenvalue weighted by atomic mass is 16.7. The van der Waals surface area contributed by atoms with Crippen molar-refractivity contribution in [3.63, 3.8) is 0 Å². The molecule has 0 aromatic heterocycles. The van der Waals surface area contributed by atoms with Crippen molar-refractivity contribution in [3.8, 4) is 23.0 Å². The second-order valence-electron chi connectivity index (χ2n) is 9.63. The summed E-state index contributed by atoms with van der Waals surface area (Å²) < 4.78 is 27.0.